The van der Waals surface area contributed by atoms with Crippen LogP contribution in [0.15, 0.2) is 24.3 Å². The summed E-state index contributed by atoms with van der Waals surface area (Å²) >= 11 is 0. The monoisotopic (exact) mass is 191 g/mol. The third kappa shape index (κ3) is 1.40. The van der Waals surface area contributed by atoms with Crippen molar-refractivity contribution in [1.29, 1.82) is 0 Å². The molecular formula is C12H17NO. The molecule has 1 saturated heterocycles. The van der Waals surface area contributed by atoms with Crippen molar-refractivity contribution in [3.8, 4) is 5.75 Å². The molecule has 2 rings (SSSR count). The minimum absolute atomic E-state index is 0.217. The molecular weight excluding hydrogens is 174 g/mol. The second-order valence-corrected chi connectivity index (χ2v) is 3.84. The van der Waals surface area contributed by atoms with Gasteiger partial charge >= 0.3 is 0 Å². The first-order valence-electron chi connectivity index (χ1n) is 5.20. The second-order valence-electron chi connectivity index (χ2n) is 3.84. The molecule has 1 aromatic carbocycles. The lowest BCUT2D eigenvalue weighted by Crippen LogP contribution is -2.53. The quantitative estimate of drug-likeness (QED) is 0.791. The molecule has 1 aliphatic heterocycles. The molecule has 0 bridgehead atoms. The normalized spacial score (nSPS) is 25.6. The molecule has 1 atom stereocenters. The summed E-state index contributed by atoms with van der Waals surface area (Å²) in [5.41, 5.74) is 1.57. The van der Waals surface area contributed by atoms with Crippen LogP contribution in [0, 0.1) is 0 Å². The van der Waals surface area contributed by atoms with Gasteiger partial charge in [-0.15, -0.1) is 0 Å². The summed E-state index contributed by atoms with van der Waals surface area (Å²) in [5.74, 6) is 0.948. The Labute approximate surface area is 85.3 Å². The van der Waals surface area contributed by atoms with Gasteiger partial charge in [0.05, 0.1) is 7.11 Å². The van der Waals surface area contributed by atoms with Crippen LogP contribution in [-0.2, 0) is 5.54 Å². The van der Waals surface area contributed by atoms with Crippen molar-refractivity contribution < 1.29 is 4.74 Å². The van der Waals surface area contributed by atoms with Gasteiger partial charge in [-0.25, -0.2) is 0 Å². The maximum absolute atomic E-state index is 5.24. The standard InChI is InChI=1S/C12H17NO/c1-3-12(7-8-13-12)10-5-4-6-11(9-10)14-2/h4-6,9,13H,3,7-8H2,1-2H3. The zero-order valence-electron chi connectivity index (χ0n) is 8.84. The maximum Gasteiger partial charge on any atom is 0.119 e. The van der Waals surface area contributed by atoms with E-state index in [0.717, 1.165) is 18.7 Å². The molecule has 0 saturated carbocycles. The lowest BCUT2D eigenvalue weighted by atomic mass is 9.79. The largest absolute Gasteiger partial charge is 0.497 e. The minimum atomic E-state index is 0.217. The Morgan fingerprint density at radius 1 is 1.50 bits per heavy atom. The van der Waals surface area contributed by atoms with E-state index in [1.54, 1.807) is 7.11 Å². The summed E-state index contributed by atoms with van der Waals surface area (Å²) < 4.78 is 5.24. The Balaban J connectivity index is 2.30. The Bertz CT molecular complexity index is 312. The third-order valence-electron chi connectivity index (χ3n) is 3.24. The molecule has 1 aliphatic rings. The number of hydrogen-bond donors (Lipinski definition) is 1. The summed E-state index contributed by atoms with van der Waals surface area (Å²) in [5, 5.41) is 3.52. The molecule has 14 heavy (non-hydrogen) atoms. The highest BCUT2D eigenvalue weighted by atomic mass is 16.5. The van der Waals surface area contributed by atoms with Crippen LogP contribution in [0.25, 0.3) is 0 Å². The summed E-state index contributed by atoms with van der Waals surface area (Å²) in [4.78, 5) is 0. The van der Waals surface area contributed by atoms with Crippen LogP contribution in [-0.4, -0.2) is 13.7 Å². The van der Waals surface area contributed by atoms with E-state index in [9.17, 15) is 0 Å². The number of methoxy groups -OCH3 is 1. The van der Waals surface area contributed by atoms with E-state index in [0.29, 0.717) is 0 Å². The predicted octanol–water partition coefficient (Wildman–Crippen LogP) is 2.29. The first kappa shape index (κ1) is 9.53. The highest BCUT2D eigenvalue weighted by Crippen LogP contribution is 2.35. The number of ether oxygens (including phenoxy) is 1. The van der Waals surface area contributed by atoms with E-state index in [1.807, 2.05) is 6.07 Å². The fraction of sp³-hybridized carbons (Fsp3) is 0.500. The fourth-order valence-corrected chi connectivity index (χ4v) is 2.10. The van der Waals surface area contributed by atoms with Crippen molar-refractivity contribution in [1.82, 2.24) is 5.32 Å². The van der Waals surface area contributed by atoms with E-state index in [2.05, 4.69) is 30.4 Å². The molecule has 1 heterocycles. The highest BCUT2D eigenvalue weighted by molar-refractivity contribution is 5.34. The summed E-state index contributed by atoms with van der Waals surface area (Å²) in [6.07, 6.45) is 2.37. The molecule has 76 valence electrons. The van der Waals surface area contributed by atoms with Gasteiger partial charge < -0.3 is 10.1 Å². The topological polar surface area (TPSA) is 21.3 Å². The average molecular weight is 191 g/mol. The maximum atomic E-state index is 5.24. The van der Waals surface area contributed by atoms with Gasteiger partial charge in [-0.1, -0.05) is 19.1 Å². The summed E-state index contributed by atoms with van der Waals surface area (Å²) in [6.45, 7) is 3.36. The van der Waals surface area contributed by atoms with E-state index in [4.69, 9.17) is 4.74 Å². The van der Waals surface area contributed by atoms with Gasteiger partial charge in [-0.05, 0) is 37.1 Å². The van der Waals surface area contributed by atoms with Gasteiger partial charge in [0, 0.05) is 5.54 Å². The van der Waals surface area contributed by atoms with Crippen molar-refractivity contribution >= 4 is 0 Å². The molecule has 0 radical (unpaired) electrons. The van der Waals surface area contributed by atoms with E-state index < -0.39 is 0 Å². The number of nitrogens with one attached hydrogen (secondary N) is 1. The predicted molar refractivity (Wildman–Crippen MR) is 57.6 cm³/mol. The van der Waals surface area contributed by atoms with Gasteiger partial charge in [0.2, 0.25) is 0 Å². The Kier molecular flexibility index (Phi) is 2.46. The van der Waals surface area contributed by atoms with Gasteiger partial charge in [0.25, 0.3) is 0 Å². The van der Waals surface area contributed by atoms with Gasteiger partial charge in [0.1, 0.15) is 5.75 Å². The zero-order chi connectivity index (χ0) is 10.0. The second kappa shape index (κ2) is 3.62. The molecule has 1 fully saturated rings. The summed E-state index contributed by atoms with van der Waals surface area (Å²) in [7, 11) is 1.71. The number of benzene rings is 1. The van der Waals surface area contributed by atoms with Crippen LogP contribution >= 0.6 is 0 Å². The van der Waals surface area contributed by atoms with Crippen LogP contribution in [0.4, 0.5) is 0 Å². The van der Waals surface area contributed by atoms with Crippen molar-refractivity contribution in [2.24, 2.45) is 0 Å². The van der Waals surface area contributed by atoms with Crippen molar-refractivity contribution in [3.63, 3.8) is 0 Å². The average Bonchev–Trinajstić information content (AvgIpc) is 2.18. The van der Waals surface area contributed by atoms with Crippen LogP contribution < -0.4 is 10.1 Å². The molecule has 0 aromatic heterocycles. The molecule has 2 heteroatoms. The van der Waals surface area contributed by atoms with Gasteiger partial charge in [0.15, 0.2) is 0 Å². The smallest absolute Gasteiger partial charge is 0.119 e. The fourth-order valence-electron chi connectivity index (χ4n) is 2.10. The highest BCUT2D eigenvalue weighted by Gasteiger charge is 2.36. The Hall–Kier alpha value is -1.02. The lowest BCUT2D eigenvalue weighted by molar-refractivity contribution is 0.201. The van der Waals surface area contributed by atoms with Crippen LogP contribution in [0.3, 0.4) is 0 Å². The molecule has 0 aliphatic carbocycles. The van der Waals surface area contributed by atoms with Crippen LogP contribution in [0.5, 0.6) is 5.75 Å². The molecule has 1 aromatic rings. The SMILES string of the molecule is CCC1(c2cccc(OC)c2)CCN1. The van der Waals surface area contributed by atoms with Crippen LogP contribution in [0.2, 0.25) is 0 Å². The first-order valence-corrected chi connectivity index (χ1v) is 5.20. The van der Waals surface area contributed by atoms with Crippen molar-refractivity contribution in [2.45, 2.75) is 25.3 Å². The minimum Gasteiger partial charge on any atom is -0.497 e. The molecule has 0 spiro atoms. The van der Waals surface area contributed by atoms with Crippen LogP contribution in [0.1, 0.15) is 25.3 Å². The van der Waals surface area contributed by atoms with Crippen molar-refractivity contribution in [2.75, 3.05) is 13.7 Å². The van der Waals surface area contributed by atoms with Gasteiger partial charge in [-0.3, -0.25) is 0 Å². The Morgan fingerprint density at radius 2 is 2.29 bits per heavy atom. The van der Waals surface area contributed by atoms with E-state index in [1.165, 1.54) is 12.0 Å². The van der Waals surface area contributed by atoms with Gasteiger partial charge in [-0.2, -0.15) is 0 Å². The zero-order valence-corrected chi connectivity index (χ0v) is 8.84. The number of rotatable bonds is 3. The molecule has 2 nitrogen and oxygen atoms in total. The lowest BCUT2D eigenvalue weighted by Gasteiger charge is -2.43. The Morgan fingerprint density at radius 3 is 2.79 bits per heavy atom. The molecule has 1 N–H and O–H groups in total. The molecule has 0 amide bonds. The number of hydrogen-bond acceptors (Lipinski definition) is 2. The van der Waals surface area contributed by atoms with Crippen molar-refractivity contribution in [3.05, 3.63) is 29.8 Å². The van der Waals surface area contributed by atoms with E-state index in [-0.39, 0.29) is 5.54 Å². The first-order chi connectivity index (χ1) is 6.80. The van der Waals surface area contributed by atoms with E-state index >= 15 is 0 Å². The third-order valence-corrected chi connectivity index (χ3v) is 3.24. The summed E-state index contributed by atoms with van der Waals surface area (Å²) in [6, 6.07) is 8.37. The molecule has 1 unspecified atom stereocenters.